The Kier molecular flexibility index (Phi) is 3.40. The smallest absolute Gasteiger partial charge is 0.124 e. The number of hydrogen-bond acceptors (Lipinski definition) is 3. The predicted molar refractivity (Wildman–Crippen MR) is 79.8 cm³/mol. The first-order chi connectivity index (χ1) is 10.2. The first kappa shape index (κ1) is 13.7. The molecule has 1 atom stereocenters. The average molecular weight is 279 g/mol. The molecule has 3 rings (SSSR count). The third kappa shape index (κ3) is 2.18. The number of aliphatic hydroxyl groups excluding tert-OH is 1. The normalized spacial score (nSPS) is 16.8. The number of nitrogens with zero attached hydrogens (tertiary/aromatic N) is 1. The fraction of sp³-hybridized carbons (Fsp3) is 0.278. The molecule has 0 aliphatic heterocycles. The van der Waals surface area contributed by atoms with Gasteiger partial charge in [0.15, 0.2) is 0 Å². The third-order valence-corrected chi connectivity index (χ3v) is 4.31. The summed E-state index contributed by atoms with van der Waals surface area (Å²) >= 11 is 0. The molecule has 0 radical (unpaired) electrons. The summed E-state index contributed by atoms with van der Waals surface area (Å²) in [5.41, 5.74) is 2.15. The Morgan fingerprint density at radius 3 is 2.24 bits per heavy atom. The summed E-state index contributed by atoms with van der Waals surface area (Å²) < 4.78 is 5.32. The van der Waals surface area contributed by atoms with Gasteiger partial charge in [-0.2, -0.15) is 5.26 Å². The zero-order valence-corrected chi connectivity index (χ0v) is 11.9. The van der Waals surface area contributed by atoms with Crippen molar-refractivity contribution in [2.75, 3.05) is 7.11 Å². The van der Waals surface area contributed by atoms with Crippen LogP contribution in [0.3, 0.4) is 0 Å². The Bertz CT molecular complexity index is 677. The van der Waals surface area contributed by atoms with E-state index in [9.17, 15) is 10.4 Å². The molecular weight excluding hydrogens is 262 g/mol. The second kappa shape index (κ2) is 5.23. The lowest BCUT2D eigenvalue weighted by atomic mass is 9.77. The van der Waals surface area contributed by atoms with Gasteiger partial charge in [-0.1, -0.05) is 42.5 Å². The summed E-state index contributed by atoms with van der Waals surface area (Å²) in [6.45, 7) is 0. The molecule has 1 aliphatic rings. The number of ether oxygens (including phenoxy) is 1. The van der Waals surface area contributed by atoms with Crippen LogP contribution >= 0.6 is 0 Å². The third-order valence-electron chi connectivity index (χ3n) is 4.31. The van der Waals surface area contributed by atoms with Crippen molar-refractivity contribution in [3.8, 4) is 11.8 Å². The molecular formula is C18H17NO2. The highest BCUT2D eigenvalue weighted by molar-refractivity contribution is 5.43. The molecule has 0 aromatic heterocycles. The second-order valence-corrected chi connectivity index (χ2v) is 5.53. The molecule has 21 heavy (non-hydrogen) atoms. The van der Waals surface area contributed by atoms with Crippen LogP contribution in [-0.2, 0) is 12.8 Å². The van der Waals surface area contributed by atoms with Gasteiger partial charge in [0.05, 0.1) is 18.6 Å². The van der Waals surface area contributed by atoms with Gasteiger partial charge in [0.1, 0.15) is 11.9 Å². The lowest BCUT2D eigenvalue weighted by molar-refractivity contribution is 0.0670. The number of para-hydroxylation sites is 1. The lowest BCUT2D eigenvalue weighted by Crippen LogP contribution is -2.28. The molecule has 0 amide bonds. The molecule has 0 bridgehead atoms. The molecule has 0 fully saturated rings. The van der Waals surface area contributed by atoms with Gasteiger partial charge in [0, 0.05) is 5.56 Å². The Balaban J connectivity index is 2.01. The minimum atomic E-state index is -0.869. The van der Waals surface area contributed by atoms with E-state index in [4.69, 9.17) is 4.74 Å². The van der Waals surface area contributed by atoms with E-state index < -0.39 is 11.5 Å². The highest BCUT2D eigenvalue weighted by Crippen LogP contribution is 2.47. The van der Waals surface area contributed by atoms with Crippen LogP contribution in [-0.4, -0.2) is 12.2 Å². The Labute approximate surface area is 124 Å². The van der Waals surface area contributed by atoms with Gasteiger partial charge in [-0.25, -0.2) is 0 Å². The van der Waals surface area contributed by atoms with Gasteiger partial charge in [0.25, 0.3) is 0 Å². The molecule has 2 aromatic rings. The van der Waals surface area contributed by atoms with Crippen LogP contribution in [0.5, 0.6) is 5.75 Å². The van der Waals surface area contributed by atoms with Crippen molar-refractivity contribution in [3.63, 3.8) is 0 Å². The van der Waals surface area contributed by atoms with Crippen molar-refractivity contribution in [1.82, 2.24) is 0 Å². The first-order valence-electron chi connectivity index (χ1n) is 6.99. The van der Waals surface area contributed by atoms with Gasteiger partial charge in [0.2, 0.25) is 0 Å². The van der Waals surface area contributed by atoms with Crippen molar-refractivity contribution in [1.29, 1.82) is 5.26 Å². The molecule has 0 heterocycles. The number of rotatable bonds is 3. The van der Waals surface area contributed by atoms with Gasteiger partial charge in [-0.15, -0.1) is 0 Å². The fourth-order valence-corrected chi connectivity index (χ4v) is 3.17. The van der Waals surface area contributed by atoms with E-state index in [0.29, 0.717) is 24.2 Å². The maximum atomic E-state index is 10.9. The van der Waals surface area contributed by atoms with Crippen LogP contribution in [0.4, 0.5) is 0 Å². The highest BCUT2D eigenvalue weighted by Gasteiger charge is 2.45. The van der Waals surface area contributed by atoms with Crippen LogP contribution in [0.1, 0.15) is 22.8 Å². The van der Waals surface area contributed by atoms with Crippen molar-refractivity contribution >= 4 is 0 Å². The van der Waals surface area contributed by atoms with Crippen molar-refractivity contribution < 1.29 is 9.84 Å². The van der Waals surface area contributed by atoms with Crippen LogP contribution in [0, 0.1) is 16.7 Å². The molecule has 2 aromatic carbocycles. The maximum absolute atomic E-state index is 10.9. The van der Waals surface area contributed by atoms with Gasteiger partial charge >= 0.3 is 0 Å². The van der Waals surface area contributed by atoms with E-state index in [1.54, 1.807) is 7.11 Å². The molecule has 1 aliphatic carbocycles. The highest BCUT2D eigenvalue weighted by atomic mass is 16.5. The molecule has 3 nitrogen and oxygen atoms in total. The lowest BCUT2D eigenvalue weighted by Gasteiger charge is -2.28. The number of hydrogen-bond donors (Lipinski definition) is 1. The summed E-state index contributed by atoms with van der Waals surface area (Å²) in [6, 6.07) is 17.7. The minimum Gasteiger partial charge on any atom is -0.496 e. The van der Waals surface area contributed by atoms with Crippen LogP contribution < -0.4 is 4.74 Å². The van der Waals surface area contributed by atoms with E-state index in [2.05, 4.69) is 6.07 Å². The van der Waals surface area contributed by atoms with E-state index >= 15 is 0 Å². The average Bonchev–Trinajstić information content (AvgIpc) is 2.94. The summed E-state index contributed by atoms with van der Waals surface area (Å²) in [5.74, 6) is 0.621. The largest absolute Gasteiger partial charge is 0.496 e. The zero-order chi connectivity index (χ0) is 14.9. The van der Waals surface area contributed by atoms with Gasteiger partial charge in [-0.3, -0.25) is 0 Å². The summed E-state index contributed by atoms with van der Waals surface area (Å²) in [5, 5.41) is 20.6. The molecule has 0 saturated heterocycles. The SMILES string of the molecule is COc1ccccc1C(O)C1(C#N)Cc2ccccc2C1. The summed E-state index contributed by atoms with van der Waals surface area (Å²) in [7, 11) is 1.58. The number of fused-ring (bicyclic) bond motifs is 1. The van der Waals surface area contributed by atoms with Crippen molar-refractivity contribution in [3.05, 3.63) is 65.2 Å². The van der Waals surface area contributed by atoms with Crippen molar-refractivity contribution in [2.24, 2.45) is 5.41 Å². The molecule has 0 spiro atoms. The summed E-state index contributed by atoms with van der Waals surface area (Å²) in [6.07, 6.45) is 0.267. The predicted octanol–water partition coefficient (Wildman–Crippen LogP) is 3.04. The van der Waals surface area contributed by atoms with E-state index in [-0.39, 0.29) is 0 Å². The molecule has 3 heteroatoms. The standard InChI is InChI=1S/C18H17NO2/c1-21-16-9-5-4-8-15(16)17(20)18(12-19)10-13-6-2-3-7-14(13)11-18/h2-9,17,20H,10-11H2,1H3. The van der Waals surface area contributed by atoms with E-state index in [1.165, 1.54) is 0 Å². The van der Waals surface area contributed by atoms with Gasteiger partial charge < -0.3 is 9.84 Å². The molecule has 0 saturated carbocycles. The number of benzene rings is 2. The van der Waals surface area contributed by atoms with Crippen LogP contribution in [0.25, 0.3) is 0 Å². The first-order valence-corrected chi connectivity index (χ1v) is 6.99. The molecule has 106 valence electrons. The van der Waals surface area contributed by atoms with Gasteiger partial charge in [-0.05, 0) is 30.0 Å². The minimum absolute atomic E-state index is 0.568. The van der Waals surface area contributed by atoms with E-state index in [1.807, 2.05) is 48.5 Å². The van der Waals surface area contributed by atoms with Crippen LogP contribution in [0.15, 0.2) is 48.5 Å². The van der Waals surface area contributed by atoms with Crippen molar-refractivity contribution in [2.45, 2.75) is 18.9 Å². The molecule has 1 unspecified atom stereocenters. The summed E-state index contributed by atoms with van der Waals surface area (Å²) in [4.78, 5) is 0. The number of nitriles is 1. The quantitative estimate of drug-likeness (QED) is 0.939. The maximum Gasteiger partial charge on any atom is 0.124 e. The van der Waals surface area contributed by atoms with E-state index in [0.717, 1.165) is 11.1 Å². The van der Waals surface area contributed by atoms with Crippen LogP contribution in [0.2, 0.25) is 0 Å². The molecule has 1 N–H and O–H groups in total. The fourth-order valence-electron chi connectivity index (χ4n) is 3.17. The Hall–Kier alpha value is -2.31. The second-order valence-electron chi connectivity index (χ2n) is 5.53. The topological polar surface area (TPSA) is 53.2 Å². The zero-order valence-electron chi connectivity index (χ0n) is 11.9. The Morgan fingerprint density at radius 2 is 1.67 bits per heavy atom. The monoisotopic (exact) mass is 279 g/mol. The Morgan fingerprint density at radius 1 is 1.10 bits per heavy atom. The number of methoxy groups -OCH3 is 1. The number of aliphatic hydroxyl groups is 1.